The number of allylic oxidation sites excluding steroid dienone is 2. The van der Waals surface area contributed by atoms with Gasteiger partial charge in [0.15, 0.2) is 17.3 Å². The molecule has 7 heteroatoms. The van der Waals surface area contributed by atoms with E-state index in [1.54, 1.807) is 13.8 Å². The highest BCUT2D eigenvalue weighted by Gasteiger charge is 2.55. The van der Waals surface area contributed by atoms with E-state index in [1.165, 1.54) is 27.7 Å². The number of phenols is 3. The highest BCUT2D eigenvalue weighted by atomic mass is 16.3. The number of ketones is 3. The van der Waals surface area contributed by atoms with Crippen LogP contribution in [0.2, 0.25) is 0 Å². The van der Waals surface area contributed by atoms with Gasteiger partial charge in [-0.05, 0) is 39.5 Å². The summed E-state index contributed by atoms with van der Waals surface area (Å²) in [6.45, 7) is 13.1. The van der Waals surface area contributed by atoms with Gasteiger partial charge in [0, 0.05) is 29.5 Å². The third kappa shape index (κ3) is 3.89. The van der Waals surface area contributed by atoms with Gasteiger partial charge >= 0.3 is 0 Å². The van der Waals surface area contributed by atoms with E-state index in [4.69, 9.17) is 0 Å². The molecule has 0 amide bonds. The average molecular weight is 447 g/mol. The van der Waals surface area contributed by atoms with E-state index < -0.39 is 63.0 Å². The van der Waals surface area contributed by atoms with E-state index in [0.717, 1.165) is 6.07 Å². The number of hydrogen-bond acceptors (Lipinski definition) is 7. The van der Waals surface area contributed by atoms with Crippen molar-refractivity contribution in [2.24, 2.45) is 22.7 Å². The fourth-order valence-corrected chi connectivity index (χ4v) is 4.58. The van der Waals surface area contributed by atoms with E-state index in [1.807, 2.05) is 13.8 Å². The predicted molar refractivity (Wildman–Crippen MR) is 120 cm³/mol. The van der Waals surface area contributed by atoms with Gasteiger partial charge < -0.3 is 20.4 Å². The van der Waals surface area contributed by atoms with Crippen molar-refractivity contribution in [3.05, 3.63) is 28.5 Å². The summed E-state index contributed by atoms with van der Waals surface area (Å²) < 4.78 is 0. The monoisotopic (exact) mass is 446 g/mol. The first-order valence-corrected chi connectivity index (χ1v) is 10.8. The van der Waals surface area contributed by atoms with Crippen LogP contribution in [0.4, 0.5) is 0 Å². The molecule has 0 saturated carbocycles. The van der Waals surface area contributed by atoms with Gasteiger partial charge in [-0.1, -0.05) is 27.7 Å². The molecule has 1 atom stereocenters. The minimum Gasteiger partial charge on any atom is -0.511 e. The summed E-state index contributed by atoms with van der Waals surface area (Å²) in [6, 6.07) is 0.963. The number of rotatable bonds is 6. The Bertz CT molecular complexity index is 1010. The van der Waals surface area contributed by atoms with Crippen LogP contribution in [0.15, 0.2) is 17.4 Å². The Morgan fingerprint density at radius 1 is 0.906 bits per heavy atom. The minimum atomic E-state index is -1.43. The third-order valence-electron chi connectivity index (χ3n) is 6.25. The molecule has 0 radical (unpaired) electrons. The summed E-state index contributed by atoms with van der Waals surface area (Å²) >= 11 is 0. The summed E-state index contributed by atoms with van der Waals surface area (Å²) in [5, 5.41) is 43.1. The number of aromatic hydroxyl groups is 3. The van der Waals surface area contributed by atoms with E-state index in [9.17, 15) is 34.8 Å². The summed E-state index contributed by atoms with van der Waals surface area (Å²) in [5.74, 6) is -5.20. The van der Waals surface area contributed by atoms with Crippen LogP contribution in [0.3, 0.4) is 0 Å². The van der Waals surface area contributed by atoms with Gasteiger partial charge in [-0.15, -0.1) is 0 Å². The molecule has 2 rings (SSSR count). The Hall–Kier alpha value is -2.83. The van der Waals surface area contributed by atoms with Crippen LogP contribution in [-0.2, 0) is 9.59 Å². The molecule has 1 aliphatic rings. The van der Waals surface area contributed by atoms with Crippen molar-refractivity contribution in [1.29, 1.82) is 0 Å². The fourth-order valence-electron chi connectivity index (χ4n) is 4.58. The molecule has 0 aromatic heterocycles. The average Bonchev–Trinajstić information content (AvgIpc) is 2.63. The van der Waals surface area contributed by atoms with Crippen molar-refractivity contribution in [2.45, 2.75) is 67.7 Å². The van der Waals surface area contributed by atoms with Crippen LogP contribution in [-0.4, -0.2) is 37.8 Å². The Balaban J connectivity index is 2.90. The topological polar surface area (TPSA) is 132 Å². The van der Waals surface area contributed by atoms with Gasteiger partial charge in [0.2, 0.25) is 0 Å². The van der Waals surface area contributed by atoms with E-state index in [2.05, 4.69) is 0 Å². The molecule has 176 valence electrons. The van der Waals surface area contributed by atoms with Crippen LogP contribution in [0, 0.1) is 22.7 Å². The predicted octanol–water partition coefficient (Wildman–Crippen LogP) is 4.79. The van der Waals surface area contributed by atoms with Crippen molar-refractivity contribution < 1.29 is 34.8 Å². The van der Waals surface area contributed by atoms with E-state index >= 15 is 0 Å². The van der Waals surface area contributed by atoms with Gasteiger partial charge in [0.05, 0.1) is 10.8 Å². The molecule has 7 nitrogen and oxygen atoms in total. The number of aliphatic hydroxyl groups is 1. The maximum atomic E-state index is 13.4. The van der Waals surface area contributed by atoms with Crippen LogP contribution in [0.5, 0.6) is 17.2 Å². The van der Waals surface area contributed by atoms with Crippen LogP contribution < -0.4 is 0 Å². The standard InChI is InChI=1S/C25H34O7/c1-11(2)9-13(26)17-14(27)10-15(28)18(20(17)29)16(12(3)4)19-21(30)24(5,6)23(32)25(7,8)22(19)31/h10-12,16,27-30H,9H2,1-8H3. The van der Waals surface area contributed by atoms with E-state index in [-0.39, 0.29) is 29.0 Å². The highest BCUT2D eigenvalue weighted by Crippen LogP contribution is 2.53. The normalized spacial score (nSPS) is 19.1. The number of phenolic OH excluding ortho intramolecular Hbond substituents is 3. The Morgan fingerprint density at radius 3 is 1.91 bits per heavy atom. The zero-order valence-electron chi connectivity index (χ0n) is 20.0. The molecule has 0 fully saturated rings. The first-order chi connectivity index (χ1) is 14.5. The number of Topliss-reactive ketones (excluding diaryl/α,β-unsaturated/α-hetero) is 3. The second-order valence-corrected chi connectivity index (χ2v) is 10.5. The minimum absolute atomic E-state index is 0.0428. The number of carbonyl (C=O) groups excluding carboxylic acids is 3. The molecular weight excluding hydrogens is 412 g/mol. The van der Waals surface area contributed by atoms with Crippen LogP contribution >= 0.6 is 0 Å². The van der Waals surface area contributed by atoms with Crippen molar-refractivity contribution in [2.75, 3.05) is 0 Å². The molecular formula is C25H34O7. The summed E-state index contributed by atoms with van der Waals surface area (Å²) in [6.07, 6.45) is 0.0547. The second kappa shape index (κ2) is 8.26. The molecule has 0 heterocycles. The zero-order valence-corrected chi connectivity index (χ0v) is 20.0. The van der Waals surface area contributed by atoms with Crippen molar-refractivity contribution in [1.82, 2.24) is 0 Å². The zero-order chi connectivity index (χ0) is 24.9. The molecule has 0 bridgehead atoms. The first kappa shape index (κ1) is 25.4. The van der Waals surface area contributed by atoms with E-state index in [0.29, 0.717) is 0 Å². The number of carbonyl (C=O) groups is 3. The lowest BCUT2D eigenvalue weighted by Gasteiger charge is -2.41. The first-order valence-electron chi connectivity index (χ1n) is 10.8. The number of hydrogen-bond donors (Lipinski definition) is 4. The summed E-state index contributed by atoms with van der Waals surface area (Å²) in [5.41, 5.74) is -3.36. The van der Waals surface area contributed by atoms with Gasteiger partial charge in [0.1, 0.15) is 28.6 Å². The van der Waals surface area contributed by atoms with Gasteiger partial charge in [-0.2, -0.15) is 0 Å². The molecule has 32 heavy (non-hydrogen) atoms. The van der Waals surface area contributed by atoms with Crippen molar-refractivity contribution >= 4 is 17.3 Å². The Kier molecular flexibility index (Phi) is 6.57. The lowest BCUT2D eigenvalue weighted by molar-refractivity contribution is -0.144. The molecule has 1 aromatic rings. The molecule has 1 aliphatic carbocycles. The summed E-state index contributed by atoms with van der Waals surface area (Å²) in [4.78, 5) is 39.0. The van der Waals surface area contributed by atoms with Crippen LogP contribution in [0.1, 0.15) is 83.7 Å². The molecule has 0 aliphatic heterocycles. The lowest BCUT2D eigenvalue weighted by Crippen LogP contribution is -2.50. The molecule has 4 N–H and O–H groups in total. The SMILES string of the molecule is CC(C)CC(=O)c1c(O)cc(O)c(C(C2=C(O)C(C)(C)C(=O)C(C)(C)C2=O)C(C)C)c1O. The maximum Gasteiger partial charge on any atom is 0.175 e. The van der Waals surface area contributed by atoms with Crippen molar-refractivity contribution in [3.8, 4) is 17.2 Å². The molecule has 0 spiro atoms. The lowest BCUT2D eigenvalue weighted by atomic mass is 9.60. The van der Waals surface area contributed by atoms with Crippen LogP contribution in [0.25, 0.3) is 0 Å². The largest absolute Gasteiger partial charge is 0.511 e. The summed E-state index contributed by atoms with van der Waals surface area (Å²) in [7, 11) is 0. The fraction of sp³-hybridized carbons (Fsp3) is 0.560. The van der Waals surface area contributed by atoms with Gasteiger partial charge in [0.25, 0.3) is 0 Å². The maximum absolute atomic E-state index is 13.4. The number of aliphatic hydroxyl groups excluding tert-OH is 1. The quantitative estimate of drug-likeness (QED) is 0.365. The molecule has 1 aromatic carbocycles. The Morgan fingerprint density at radius 2 is 1.44 bits per heavy atom. The third-order valence-corrected chi connectivity index (χ3v) is 6.25. The smallest absolute Gasteiger partial charge is 0.175 e. The second-order valence-electron chi connectivity index (χ2n) is 10.5. The number of benzene rings is 1. The molecule has 0 saturated heterocycles. The van der Waals surface area contributed by atoms with Crippen molar-refractivity contribution in [3.63, 3.8) is 0 Å². The van der Waals surface area contributed by atoms with Gasteiger partial charge in [-0.3, -0.25) is 14.4 Å². The highest BCUT2D eigenvalue weighted by molar-refractivity contribution is 6.19. The van der Waals surface area contributed by atoms with Gasteiger partial charge in [-0.25, -0.2) is 0 Å². The molecule has 1 unspecified atom stereocenters. The Labute approximate surface area is 188 Å².